The Morgan fingerprint density at radius 2 is 1.91 bits per heavy atom. The summed E-state index contributed by atoms with van der Waals surface area (Å²) in [6, 6.07) is 7.32. The predicted molar refractivity (Wildman–Crippen MR) is 79.1 cm³/mol. The number of nitrogens with one attached hydrogen (secondary N) is 1. The second-order valence-electron chi connectivity index (χ2n) is 5.88. The van der Waals surface area contributed by atoms with Gasteiger partial charge in [-0.1, -0.05) is 18.6 Å². The van der Waals surface area contributed by atoms with Crippen LogP contribution < -0.4 is 11.1 Å². The first-order chi connectivity index (χ1) is 10.4. The number of hydrogen-bond acceptors (Lipinski definition) is 2. The summed E-state index contributed by atoms with van der Waals surface area (Å²) in [6.45, 7) is 0.427. The first-order valence-corrected chi connectivity index (χ1v) is 7.55. The highest BCUT2D eigenvalue weighted by atomic mass is 19.4. The van der Waals surface area contributed by atoms with Gasteiger partial charge in [0.15, 0.2) is 0 Å². The van der Waals surface area contributed by atoms with Gasteiger partial charge in [0.2, 0.25) is 5.91 Å². The molecular weight excluding hydrogens is 293 g/mol. The maximum atomic E-state index is 12.7. The Kier molecular flexibility index (Phi) is 5.32. The first-order valence-electron chi connectivity index (χ1n) is 7.55. The number of carbonyl (C=O) groups excluding carboxylic acids is 1. The predicted octanol–water partition coefficient (Wildman–Crippen LogP) is 3.30. The van der Waals surface area contributed by atoms with Gasteiger partial charge in [-0.05, 0) is 43.4 Å². The van der Waals surface area contributed by atoms with Crippen LogP contribution >= 0.6 is 0 Å². The molecule has 0 aromatic heterocycles. The molecule has 1 fully saturated rings. The van der Waals surface area contributed by atoms with Crippen LogP contribution in [0.15, 0.2) is 24.3 Å². The summed E-state index contributed by atoms with van der Waals surface area (Å²) in [4.78, 5) is 12.0. The van der Waals surface area contributed by atoms with Crippen molar-refractivity contribution in [2.45, 2.75) is 38.3 Å². The fourth-order valence-electron chi connectivity index (χ4n) is 2.88. The molecule has 22 heavy (non-hydrogen) atoms. The van der Waals surface area contributed by atoms with Gasteiger partial charge in [-0.15, -0.1) is 0 Å². The van der Waals surface area contributed by atoms with Crippen LogP contribution in [-0.4, -0.2) is 18.6 Å². The normalized spacial score (nSPS) is 22.3. The van der Waals surface area contributed by atoms with Gasteiger partial charge < -0.3 is 11.1 Å². The highest BCUT2D eigenvalue weighted by Crippen LogP contribution is 2.39. The van der Waals surface area contributed by atoms with Gasteiger partial charge in [-0.3, -0.25) is 4.79 Å². The summed E-state index contributed by atoms with van der Waals surface area (Å²) in [5, 5.41) is 2.75. The molecular formula is C16H21F3N2O. The van der Waals surface area contributed by atoms with Gasteiger partial charge >= 0.3 is 6.18 Å². The quantitative estimate of drug-likeness (QED) is 0.838. The van der Waals surface area contributed by atoms with Gasteiger partial charge in [0, 0.05) is 18.2 Å². The molecule has 1 saturated carbocycles. The molecule has 2 rings (SSSR count). The Morgan fingerprint density at radius 1 is 1.23 bits per heavy atom. The largest absolute Gasteiger partial charge is 0.399 e. The van der Waals surface area contributed by atoms with Gasteiger partial charge in [-0.2, -0.15) is 13.2 Å². The minimum Gasteiger partial charge on any atom is -0.399 e. The Labute approximate surface area is 128 Å². The highest BCUT2D eigenvalue weighted by Gasteiger charge is 2.43. The molecule has 3 N–H and O–H groups in total. The minimum absolute atomic E-state index is 0.0861. The van der Waals surface area contributed by atoms with Crippen molar-refractivity contribution in [2.75, 3.05) is 12.3 Å². The van der Waals surface area contributed by atoms with E-state index >= 15 is 0 Å². The average Bonchev–Trinajstić information content (AvgIpc) is 2.48. The van der Waals surface area contributed by atoms with Crippen LogP contribution in [0.4, 0.5) is 18.9 Å². The van der Waals surface area contributed by atoms with E-state index in [2.05, 4.69) is 5.32 Å². The van der Waals surface area contributed by atoms with Crippen LogP contribution in [0, 0.1) is 11.8 Å². The molecule has 1 amide bonds. The molecule has 3 nitrogen and oxygen atoms in total. The monoisotopic (exact) mass is 314 g/mol. The molecule has 122 valence electrons. The van der Waals surface area contributed by atoms with Crippen LogP contribution in [0.2, 0.25) is 0 Å². The summed E-state index contributed by atoms with van der Waals surface area (Å²) in [5.74, 6) is -2.12. The standard InChI is InChI=1S/C16H21F3N2O/c17-16(18,19)13-3-1-2-12(10-13)15(22)21-9-8-11-4-6-14(20)7-5-11/h4-7,12-13H,1-3,8-10,20H2,(H,21,22). The summed E-state index contributed by atoms with van der Waals surface area (Å²) in [5.41, 5.74) is 7.30. The molecule has 0 spiro atoms. The van der Waals surface area contributed by atoms with Gasteiger partial charge in [-0.25, -0.2) is 0 Å². The lowest BCUT2D eigenvalue weighted by Gasteiger charge is -2.29. The fraction of sp³-hybridized carbons (Fsp3) is 0.562. The number of nitrogen functional groups attached to an aromatic ring is 1. The lowest BCUT2D eigenvalue weighted by molar-refractivity contribution is -0.186. The number of rotatable bonds is 4. The van der Waals surface area contributed by atoms with Crippen molar-refractivity contribution in [3.8, 4) is 0 Å². The van der Waals surface area contributed by atoms with Crippen LogP contribution in [-0.2, 0) is 11.2 Å². The minimum atomic E-state index is -4.19. The zero-order valence-corrected chi connectivity index (χ0v) is 12.3. The molecule has 0 heterocycles. The lowest BCUT2D eigenvalue weighted by atomic mass is 9.80. The van der Waals surface area contributed by atoms with E-state index in [1.165, 1.54) is 0 Å². The summed E-state index contributed by atoms with van der Waals surface area (Å²) in [6.07, 6.45) is -2.50. The van der Waals surface area contributed by atoms with Crippen molar-refractivity contribution in [1.29, 1.82) is 0 Å². The first kappa shape index (κ1) is 16.6. The van der Waals surface area contributed by atoms with Gasteiger partial charge in [0.1, 0.15) is 0 Å². The van der Waals surface area contributed by atoms with Gasteiger partial charge in [0.05, 0.1) is 5.92 Å². The summed E-state index contributed by atoms with van der Waals surface area (Å²) in [7, 11) is 0. The van der Waals surface area contributed by atoms with E-state index in [-0.39, 0.29) is 18.7 Å². The second-order valence-corrected chi connectivity index (χ2v) is 5.88. The molecule has 1 aromatic rings. The topological polar surface area (TPSA) is 55.1 Å². The van der Waals surface area contributed by atoms with E-state index < -0.39 is 18.0 Å². The Hall–Kier alpha value is -1.72. The molecule has 0 bridgehead atoms. The third-order valence-electron chi connectivity index (χ3n) is 4.20. The second kappa shape index (κ2) is 7.03. The Bertz CT molecular complexity index is 499. The number of alkyl halides is 3. The van der Waals surface area contributed by atoms with Crippen LogP contribution in [0.5, 0.6) is 0 Å². The van der Waals surface area contributed by atoms with E-state index in [1.807, 2.05) is 12.1 Å². The summed E-state index contributed by atoms with van der Waals surface area (Å²) >= 11 is 0. The SMILES string of the molecule is Nc1ccc(CCNC(=O)C2CCCC(C(F)(F)F)C2)cc1. The zero-order chi connectivity index (χ0) is 16.2. The van der Waals surface area contributed by atoms with E-state index in [9.17, 15) is 18.0 Å². The Morgan fingerprint density at radius 3 is 2.55 bits per heavy atom. The van der Waals surface area contributed by atoms with Crippen molar-refractivity contribution in [1.82, 2.24) is 5.32 Å². The molecule has 0 saturated heterocycles. The molecule has 2 atom stereocenters. The molecule has 1 aliphatic carbocycles. The number of halogens is 3. The number of anilines is 1. The number of amides is 1. The van der Waals surface area contributed by atoms with Crippen LogP contribution in [0.3, 0.4) is 0 Å². The number of carbonyl (C=O) groups is 1. The van der Waals surface area contributed by atoms with E-state index in [0.29, 0.717) is 31.5 Å². The third-order valence-corrected chi connectivity index (χ3v) is 4.20. The maximum Gasteiger partial charge on any atom is 0.391 e. The fourth-order valence-corrected chi connectivity index (χ4v) is 2.88. The molecule has 6 heteroatoms. The van der Waals surface area contributed by atoms with Crippen molar-refractivity contribution < 1.29 is 18.0 Å². The number of benzene rings is 1. The smallest absolute Gasteiger partial charge is 0.391 e. The Balaban J connectivity index is 1.78. The van der Waals surface area contributed by atoms with Crippen LogP contribution in [0.1, 0.15) is 31.2 Å². The van der Waals surface area contributed by atoms with E-state index in [4.69, 9.17) is 5.73 Å². The molecule has 0 radical (unpaired) electrons. The molecule has 0 aliphatic heterocycles. The molecule has 2 unspecified atom stereocenters. The number of nitrogens with two attached hydrogens (primary N) is 1. The summed E-state index contributed by atoms with van der Waals surface area (Å²) < 4.78 is 38.2. The van der Waals surface area contributed by atoms with Crippen molar-refractivity contribution in [3.63, 3.8) is 0 Å². The van der Waals surface area contributed by atoms with Crippen molar-refractivity contribution in [2.24, 2.45) is 11.8 Å². The highest BCUT2D eigenvalue weighted by molar-refractivity contribution is 5.78. The van der Waals surface area contributed by atoms with Gasteiger partial charge in [0.25, 0.3) is 0 Å². The lowest BCUT2D eigenvalue weighted by Crippen LogP contribution is -2.38. The molecule has 1 aliphatic rings. The average molecular weight is 314 g/mol. The molecule has 1 aromatic carbocycles. The van der Waals surface area contributed by atoms with Crippen molar-refractivity contribution in [3.05, 3.63) is 29.8 Å². The number of hydrogen-bond donors (Lipinski definition) is 2. The van der Waals surface area contributed by atoms with Crippen LogP contribution in [0.25, 0.3) is 0 Å². The maximum absolute atomic E-state index is 12.7. The van der Waals surface area contributed by atoms with Crippen molar-refractivity contribution >= 4 is 11.6 Å². The third kappa shape index (κ3) is 4.64. The zero-order valence-electron chi connectivity index (χ0n) is 12.3. The van der Waals surface area contributed by atoms with E-state index in [0.717, 1.165) is 5.56 Å². The van der Waals surface area contributed by atoms with E-state index in [1.54, 1.807) is 12.1 Å².